The van der Waals surface area contributed by atoms with Crippen molar-refractivity contribution in [1.82, 2.24) is 10.0 Å². The fraction of sp³-hybridized carbons (Fsp3) is 0.364. The summed E-state index contributed by atoms with van der Waals surface area (Å²) >= 11 is 0. The molecule has 0 unspecified atom stereocenters. The van der Waals surface area contributed by atoms with E-state index >= 15 is 0 Å². The molecule has 28 heavy (non-hydrogen) atoms. The summed E-state index contributed by atoms with van der Waals surface area (Å²) in [7, 11) is 1.64. The number of hydrogen-bond donors (Lipinski definition) is 0. The Kier molecular flexibility index (Phi) is 4.00. The first-order valence-corrected chi connectivity index (χ1v) is 9.72. The van der Waals surface area contributed by atoms with Gasteiger partial charge in [0.25, 0.3) is 5.91 Å². The van der Waals surface area contributed by atoms with Crippen molar-refractivity contribution in [3.05, 3.63) is 59.7 Å². The van der Waals surface area contributed by atoms with E-state index in [1.807, 2.05) is 55.5 Å². The molecule has 2 amide bonds. The molecule has 2 aromatic rings. The molecule has 0 aromatic heterocycles. The Labute approximate surface area is 164 Å². The highest BCUT2D eigenvalue weighted by Gasteiger charge is 2.62. The van der Waals surface area contributed by atoms with Crippen LogP contribution < -0.4 is 9.64 Å². The topological polar surface area (TPSA) is 53.1 Å². The SMILES string of the molecule is COc1ccc([C@@H]2[C@H]3C(=O)N(c4ccc(C)cc4)C(=O)[C@H]3N3CCCN23)cc1. The molecule has 3 aliphatic heterocycles. The highest BCUT2D eigenvalue weighted by Crippen LogP contribution is 2.49. The van der Waals surface area contributed by atoms with E-state index in [0.717, 1.165) is 36.4 Å². The molecule has 0 radical (unpaired) electrons. The number of hydrogen-bond acceptors (Lipinski definition) is 5. The van der Waals surface area contributed by atoms with Crippen molar-refractivity contribution in [3.8, 4) is 5.75 Å². The lowest BCUT2D eigenvalue weighted by molar-refractivity contribution is -0.126. The van der Waals surface area contributed by atoms with Crippen LogP contribution in [0, 0.1) is 12.8 Å². The molecule has 0 bridgehead atoms. The van der Waals surface area contributed by atoms with Gasteiger partial charge in [-0.2, -0.15) is 0 Å². The van der Waals surface area contributed by atoms with E-state index < -0.39 is 6.04 Å². The highest BCUT2D eigenvalue weighted by atomic mass is 16.5. The lowest BCUT2D eigenvalue weighted by Gasteiger charge is -2.29. The van der Waals surface area contributed by atoms with Crippen molar-refractivity contribution in [2.45, 2.75) is 25.4 Å². The first-order valence-electron chi connectivity index (χ1n) is 9.72. The summed E-state index contributed by atoms with van der Waals surface area (Å²) < 4.78 is 5.27. The number of hydrazine groups is 1. The summed E-state index contributed by atoms with van der Waals surface area (Å²) in [4.78, 5) is 28.2. The Morgan fingerprint density at radius 2 is 1.50 bits per heavy atom. The predicted molar refractivity (Wildman–Crippen MR) is 105 cm³/mol. The van der Waals surface area contributed by atoms with Crippen LogP contribution in [0.2, 0.25) is 0 Å². The van der Waals surface area contributed by atoms with Crippen molar-refractivity contribution >= 4 is 17.5 Å². The van der Waals surface area contributed by atoms with E-state index in [1.54, 1.807) is 7.11 Å². The second kappa shape index (κ2) is 6.43. The van der Waals surface area contributed by atoms with Crippen molar-refractivity contribution in [2.24, 2.45) is 5.92 Å². The highest BCUT2D eigenvalue weighted by molar-refractivity contribution is 6.24. The Morgan fingerprint density at radius 1 is 0.857 bits per heavy atom. The van der Waals surface area contributed by atoms with Gasteiger partial charge in [0.2, 0.25) is 5.91 Å². The second-order valence-corrected chi connectivity index (χ2v) is 7.72. The number of nitrogens with zero attached hydrogens (tertiary/aromatic N) is 3. The number of benzene rings is 2. The van der Waals surface area contributed by atoms with Crippen molar-refractivity contribution in [2.75, 3.05) is 25.1 Å². The molecule has 3 atom stereocenters. The minimum Gasteiger partial charge on any atom is -0.497 e. The Morgan fingerprint density at radius 3 is 2.14 bits per heavy atom. The van der Waals surface area contributed by atoms with Crippen molar-refractivity contribution in [1.29, 1.82) is 0 Å². The van der Waals surface area contributed by atoms with E-state index in [4.69, 9.17) is 4.74 Å². The number of rotatable bonds is 3. The summed E-state index contributed by atoms with van der Waals surface area (Å²) in [5.74, 6) is 0.185. The Bertz CT molecular complexity index is 925. The molecule has 0 saturated carbocycles. The van der Waals surface area contributed by atoms with Gasteiger partial charge in [-0.15, -0.1) is 0 Å². The van der Waals surface area contributed by atoms with Gasteiger partial charge in [-0.25, -0.2) is 14.9 Å². The molecule has 144 valence electrons. The number of carbonyl (C=O) groups excluding carboxylic acids is 2. The zero-order valence-corrected chi connectivity index (χ0v) is 16.0. The van der Waals surface area contributed by atoms with Crippen LogP contribution in [-0.4, -0.2) is 48.1 Å². The van der Waals surface area contributed by atoms with Crippen LogP contribution in [0.5, 0.6) is 5.75 Å². The monoisotopic (exact) mass is 377 g/mol. The third kappa shape index (κ3) is 2.41. The number of imide groups is 1. The molecule has 6 nitrogen and oxygen atoms in total. The second-order valence-electron chi connectivity index (χ2n) is 7.72. The maximum absolute atomic E-state index is 13.4. The molecular formula is C22H23N3O3. The van der Waals surface area contributed by atoms with Crippen LogP contribution in [0.25, 0.3) is 0 Å². The summed E-state index contributed by atoms with van der Waals surface area (Å²) in [6, 6.07) is 14.9. The van der Waals surface area contributed by atoms with E-state index in [-0.39, 0.29) is 23.8 Å². The molecule has 3 heterocycles. The summed E-state index contributed by atoms with van der Waals surface area (Å²) in [5.41, 5.74) is 2.81. The number of anilines is 1. The number of fused-ring (bicyclic) bond motifs is 3. The van der Waals surface area contributed by atoms with Gasteiger partial charge in [-0.1, -0.05) is 29.8 Å². The number of aryl methyl sites for hydroxylation is 1. The largest absolute Gasteiger partial charge is 0.497 e. The quantitative estimate of drug-likeness (QED) is 0.770. The minimum atomic E-state index is -0.414. The molecule has 0 N–H and O–H groups in total. The Hall–Kier alpha value is -2.70. The third-order valence-corrected chi connectivity index (χ3v) is 6.16. The Balaban J connectivity index is 1.55. The van der Waals surface area contributed by atoms with E-state index in [2.05, 4.69) is 10.0 Å². The molecule has 3 saturated heterocycles. The van der Waals surface area contributed by atoms with Gasteiger partial charge in [0.1, 0.15) is 11.8 Å². The molecule has 0 aliphatic carbocycles. The lowest BCUT2D eigenvalue weighted by atomic mass is 9.90. The third-order valence-electron chi connectivity index (χ3n) is 6.16. The average molecular weight is 377 g/mol. The minimum absolute atomic E-state index is 0.103. The maximum Gasteiger partial charge on any atom is 0.253 e. The number of carbonyl (C=O) groups is 2. The van der Waals surface area contributed by atoms with Crippen molar-refractivity contribution < 1.29 is 14.3 Å². The molecule has 5 rings (SSSR count). The summed E-state index contributed by atoms with van der Waals surface area (Å²) in [5, 5.41) is 4.34. The normalized spacial score (nSPS) is 27.4. The van der Waals surface area contributed by atoms with Gasteiger partial charge < -0.3 is 4.74 Å². The molecule has 0 spiro atoms. The van der Waals surface area contributed by atoms with Crippen LogP contribution in [0.15, 0.2) is 48.5 Å². The molecule has 2 aromatic carbocycles. The standard InChI is InChI=1S/C22H23N3O3/c1-14-4-8-16(9-5-14)25-21(26)18-19(15-6-10-17(28-2)11-7-15)23-12-3-13-24(23)20(18)22(25)27/h4-11,18-20H,3,12-13H2,1-2H3/t18-,19-,20+/m1/s1. The molecule has 6 heteroatoms. The molecular weight excluding hydrogens is 354 g/mol. The average Bonchev–Trinajstić information content (AvgIpc) is 3.35. The zero-order chi connectivity index (χ0) is 19.4. The van der Waals surface area contributed by atoms with Crippen LogP contribution in [0.1, 0.15) is 23.6 Å². The van der Waals surface area contributed by atoms with Crippen molar-refractivity contribution in [3.63, 3.8) is 0 Å². The van der Waals surface area contributed by atoms with Gasteiger partial charge in [0.05, 0.1) is 24.8 Å². The predicted octanol–water partition coefficient (Wildman–Crippen LogP) is 2.54. The van der Waals surface area contributed by atoms with Gasteiger partial charge in [-0.05, 0) is 43.2 Å². The zero-order valence-electron chi connectivity index (χ0n) is 16.0. The first kappa shape index (κ1) is 17.4. The lowest BCUT2D eigenvalue weighted by Crippen LogP contribution is -2.44. The van der Waals surface area contributed by atoms with Crippen LogP contribution in [-0.2, 0) is 9.59 Å². The van der Waals surface area contributed by atoms with Gasteiger partial charge in [0.15, 0.2) is 0 Å². The summed E-state index contributed by atoms with van der Waals surface area (Å²) in [6.07, 6.45) is 1.00. The fourth-order valence-electron chi connectivity index (χ4n) is 4.86. The number of amides is 2. The van der Waals surface area contributed by atoms with Crippen LogP contribution >= 0.6 is 0 Å². The van der Waals surface area contributed by atoms with Crippen LogP contribution in [0.4, 0.5) is 5.69 Å². The van der Waals surface area contributed by atoms with E-state index in [0.29, 0.717) is 5.69 Å². The summed E-state index contributed by atoms with van der Waals surface area (Å²) in [6.45, 7) is 3.68. The van der Waals surface area contributed by atoms with Gasteiger partial charge >= 0.3 is 0 Å². The molecule has 3 fully saturated rings. The van der Waals surface area contributed by atoms with E-state index in [1.165, 1.54) is 4.90 Å². The van der Waals surface area contributed by atoms with Crippen LogP contribution in [0.3, 0.4) is 0 Å². The molecule has 3 aliphatic rings. The maximum atomic E-state index is 13.4. The smallest absolute Gasteiger partial charge is 0.253 e. The fourth-order valence-corrected chi connectivity index (χ4v) is 4.86. The van der Waals surface area contributed by atoms with E-state index in [9.17, 15) is 9.59 Å². The first-order chi connectivity index (χ1) is 13.6. The number of ether oxygens (including phenoxy) is 1. The number of methoxy groups -OCH3 is 1. The van der Waals surface area contributed by atoms with Gasteiger partial charge in [-0.3, -0.25) is 9.59 Å². The van der Waals surface area contributed by atoms with Gasteiger partial charge in [0, 0.05) is 13.1 Å².